The van der Waals surface area contributed by atoms with Gasteiger partial charge >= 0.3 is 0 Å². The van der Waals surface area contributed by atoms with E-state index in [2.05, 4.69) is 9.88 Å². The molecule has 0 amide bonds. The van der Waals surface area contributed by atoms with Gasteiger partial charge in [-0.15, -0.1) is 0 Å². The van der Waals surface area contributed by atoms with Crippen LogP contribution in [0.2, 0.25) is 0 Å². The number of ether oxygens (including phenoxy) is 1. The Morgan fingerprint density at radius 1 is 1.36 bits per heavy atom. The average molecular weight is 342 g/mol. The summed E-state index contributed by atoms with van der Waals surface area (Å²) in [6, 6.07) is 6.16. The summed E-state index contributed by atoms with van der Waals surface area (Å²) in [5, 5.41) is 8.46. The Balaban J connectivity index is 1.93. The Bertz CT molecular complexity index is 804. The summed E-state index contributed by atoms with van der Waals surface area (Å²) >= 11 is 0. The van der Waals surface area contributed by atoms with Crippen LogP contribution in [0.3, 0.4) is 0 Å². The van der Waals surface area contributed by atoms with E-state index < -0.39 is 5.82 Å². The van der Waals surface area contributed by atoms with Crippen molar-refractivity contribution in [1.82, 2.24) is 4.98 Å². The monoisotopic (exact) mass is 342 g/mol. The van der Waals surface area contributed by atoms with Gasteiger partial charge in [-0.3, -0.25) is 5.41 Å². The summed E-state index contributed by atoms with van der Waals surface area (Å²) in [6.07, 6.45) is 2.22. The van der Waals surface area contributed by atoms with Crippen LogP contribution in [0.4, 0.5) is 15.9 Å². The second-order valence-corrected chi connectivity index (χ2v) is 5.78. The minimum absolute atomic E-state index is 0.0538. The number of morpholine rings is 1. The molecule has 1 saturated heterocycles. The van der Waals surface area contributed by atoms with Crippen LogP contribution in [0.25, 0.3) is 0 Å². The molecule has 3 rings (SSSR count). The molecule has 0 spiro atoms. The van der Waals surface area contributed by atoms with E-state index in [0.29, 0.717) is 30.6 Å². The zero-order valence-electron chi connectivity index (χ0n) is 13.7. The van der Waals surface area contributed by atoms with Crippen molar-refractivity contribution >= 4 is 23.5 Å². The number of carbonyl (C=O) groups is 1. The second-order valence-electron chi connectivity index (χ2n) is 5.78. The lowest BCUT2D eigenvalue weighted by Gasteiger charge is -2.28. The van der Waals surface area contributed by atoms with Crippen molar-refractivity contribution in [3.8, 4) is 0 Å². The van der Waals surface area contributed by atoms with E-state index in [1.165, 1.54) is 6.07 Å². The highest BCUT2D eigenvalue weighted by Gasteiger charge is 2.16. The highest BCUT2D eigenvalue weighted by molar-refractivity contribution is 6.14. The predicted molar refractivity (Wildman–Crippen MR) is 93.8 cm³/mol. The van der Waals surface area contributed by atoms with Gasteiger partial charge in [-0.1, -0.05) is 0 Å². The molecule has 6 nitrogen and oxygen atoms in total. The number of aldehydes is 1. The van der Waals surface area contributed by atoms with Gasteiger partial charge in [-0.25, -0.2) is 9.37 Å². The minimum Gasteiger partial charge on any atom is -0.398 e. The van der Waals surface area contributed by atoms with E-state index in [1.54, 1.807) is 12.3 Å². The molecule has 25 heavy (non-hydrogen) atoms. The first kappa shape index (κ1) is 17.0. The summed E-state index contributed by atoms with van der Waals surface area (Å²) in [5.41, 5.74) is 7.49. The Morgan fingerprint density at radius 2 is 2.12 bits per heavy atom. The lowest BCUT2D eigenvalue weighted by Crippen LogP contribution is -2.36. The van der Waals surface area contributed by atoms with Crippen molar-refractivity contribution in [2.24, 2.45) is 0 Å². The van der Waals surface area contributed by atoms with E-state index in [9.17, 15) is 9.18 Å². The third-order valence-corrected chi connectivity index (χ3v) is 4.16. The molecule has 1 aromatic heterocycles. The largest absolute Gasteiger partial charge is 0.398 e. The fraction of sp³-hybridized carbons (Fsp3) is 0.278. The van der Waals surface area contributed by atoms with E-state index in [-0.39, 0.29) is 23.4 Å². The van der Waals surface area contributed by atoms with Crippen LogP contribution in [-0.2, 0) is 16.0 Å². The molecule has 0 atom stereocenters. The molecule has 0 unspecified atom stereocenters. The number of rotatable bonds is 5. The highest BCUT2D eigenvalue weighted by atomic mass is 19.1. The topological polar surface area (TPSA) is 92.3 Å². The van der Waals surface area contributed by atoms with Gasteiger partial charge < -0.3 is 20.2 Å². The molecular weight excluding hydrogens is 323 g/mol. The third kappa shape index (κ3) is 3.66. The molecular formula is C18H19FN4O2. The number of hydrogen-bond donors (Lipinski definition) is 2. The zero-order valence-corrected chi connectivity index (χ0v) is 13.7. The van der Waals surface area contributed by atoms with Crippen molar-refractivity contribution in [3.05, 3.63) is 53.0 Å². The zero-order chi connectivity index (χ0) is 17.8. The second kappa shape index (κ2) is 7.40. The molecule has 0 saturated carbocycles. The fourth-order valence-corrected chi connectivity index (χ4v) is 2.79. The lowest BCUT2D eigenvalue weighted by molar-refractivity contribution is -0.107. The standard InChI is InChI=1S/C18H19FN4O2/c19-15-11-16(20)14(9-12(15)2-6-24)18(21)13-1-3-22-17(10-13)23-4-7-25-8-5-23/h1,3,6,9-11,21H,2,4-5,7-8,20H2. The van der Waals surface area contributed by atoms with Crippen molar-refractivity contribution in [1.29, 1.82) is 5.41 Å². The maximum atomic E-state index is 13.9. The number of pyridine rings is 1. The van der Waals surface area contributed by atoms with Gasteiger partial charge in [0.15, 0.2) is 0 Å². The quantitative estimate of drug-likeness (QED) is 0.491. The number of carbonyl (C=O) groups excluding carboxylic acids is 1. The Labute approximate surface area is 144 Å². The normalized spacial score (nSPS) is 14.4. The van der Waals surface area contributed by atoms with Gasteiger partial charge in [0.05, 0.1) is 18.9 Å². The number of nitrogens with one attached hydrogen (secondary N) is 1. The number of nitrogens with two attached hydrogens (primary N) is 1. The third-order valence-electron chi connectivity index (χ3n) is 4.16. The minimum atomic E-state index is -0.537. The average Bonchev–Trinajstić information content (AvgIpc) is 2.64. The van der Waals surface area contributed by atoms with Crippen LogP contribution in [-0.4, -0.2) is 43.3 Å². The summed E-state index contributed by atoms with van der Waals surface area (Å²) < 4.78 is 19.2. The maximum absolute atomic E-state index is 13.9. The lowest BCUT2D eigenvalue weighted by atomic mass is 9.98. The number of nitrogen functional groups attached to an aromatic ring is 1. The molecule has 2 heterocycles. The molecule has 1 aromatic carbocycles. The van der Waals surface area contributed by atoms with Crippen LogP contribution in [0, 0.1) is 11.2 Å². The van der Waals surface area contributed by atoms with Crippen LogP contribution < -0.4 is 10.6 Å². The Morgan fingerprint density at radius 3 is 2.84 bits per heavy atom. The summed E-state index contributed by atoms with van der Waals surface area (Å²) in [7, 11) is 0. The molecule has 7 heteroatoms. The number of anilines is 2. The first-order chi connectivity index (χ1) is 12.1. The van der Waals surface area contributed by atoms with Gasteiger partial charge in [0.2, 0.25) is 0 Å². The van der Waals surface area contributed by atoms with Gasteiger partial charge in [-0.2, -0.15) is 0 Å². The first-order valence-electron chi connectivity index (χ1n) is 7.99. The summed E-state index contributed by atoms with van der Waals surface area (Å²) in [4.78, 5) is 17.2. The maximum Gasteiger partial charge on any atom is 0.129 e. The predicted octanol–water partition coefficient (Wildman–Crippen LogP) is 1.80. The van der Waals surface area contributed by atoms with E-state index in [4.69, 9.17) is 15.9 Å². The van der Waals surface area contributed by atoms with E-state index in [0.717, 1.165) is 25.0 Å². The number of benzene rings is 1. The molecule has 1 aliphatic heterocycles. The first-order valence-corrected chi connectivity index (χ1v) is 7.99. The van der Waals surface area contributed by atoms with Crippen LogP contribution in [0.5, 0.6) is 0 Å². The molecule has 0 aliphatic carbocycles. The Kier molecular flexibility index (Phi) is 5.04. The molecule has 1 aliphatic rings. The van der Waals surface area contributed by atoms with Crippen LogP contribution >= 0.6 is 0 Å². The molecule has 2 aromatic rings. The summed E-state index contributed by atoms with van der Waals surface area (Å²) in [6.45, 7) is 2.77. The highest BCUT2D eigenvalue weighted by Crippen LogP contribution is 2.23. The summed E-state index contributed by atoms with van der Waals surface area (Å²) in [5.74, 6) is 0.226. The van der Waals surface area contributed by atoms with Gasteiger partial charge in [0.25, 0.3) is 0 Å². The van der Waals surface area contributed by atoms with Crippen molar-refractivity contribution in [2.45, 2.75) is 6.42 Å². The number of aromatic nitrogens is 1. The van der Waals surface area contributed by atoms with Gasteiger partial charge in [0.1, 0.15) is 17.9 Å². The van der Waals surface area contributed by atoms with Crippen molar-refractivity contribution in [3.63, 3.8) is 0 Å². The van der Waals surface area contributed by atoms with Crippen molar-refractivity contribution in [2.75, 3.05) is 36.9 Å². The SMILES string of the molecule is N=C(c1ccnc(N2CCOCC2)c1)c1cc(CC=O)c(F)cc1N. The van der Waals surface area contributed by atoms with Crippen molar-refractivity contribution < 1.29 is 13.9 Å². The molecule has 3 N–H and O–H groups in total. The number of nitrogens with zero attached hydrogens (tertiary/aromatic N) is 2. The molecule has 1 fully saturated rings. The van der Waals surface area contributed by atoms with Gasteiger partial charge in [-0.05, 0) is 29.8 Å². The van der Waals surface area contributed by atoms with Crippen LogP contribution in [0.15, 0.2) is 30.5 Å². The number of halogens is 1. The van der Waals surface area contributed by atoms with Gasteiger partial charge in [0, 0.05) is 42.5 Å². The smallest absolute Gasteiger partial charge is 0.129 e. The number of hydrogen-bond acceptors (Lipinski definition) is 6. The molecule has 130 valence electrons. The van der Waals surface area contributed by atoms with E-state index >= 15 is 0 Å². The van der Waals surface area contributed by atoms with Crippen LogP contribution in [0.1, 0.15) is 16.7 Å². The molecule has 0 bridgehead atoms. The Hall–Kier alpha value is -2.80. The fourth-order valence-electron chi connectivity index (χ4n) is 2.79. The van der Waals surface area contributed by atoms with E-state index in [1.807, 2.05) is 6.07 Å². The molecule has 0 radical (unpaired) electrons.